The lowest BCUT2D eigenvalue weighted by molar-refractivity contribution is -0.161. The molecule has 10 nitrogen and oxygen atoms in total. The van der Waals surface area contributed by atoms with E-state index in [0.29, 0.717) is 55.4 Å². The maximum atomic E-state index is 14.5. The number of cyclic esters (lactones) is 1. The molecule has 0 radical (unpaired) electrons. The summed E-state index contributed by atoms with van der Waals surface area (Å²) >= 11 is 3.60. The first-order chi connectivity index (χ1) is 21.7. The monoisotopic (exact) mass is 685 g/mol. The third-order valence-electron chi connectivity index (χ3n) is 9.33. The first kappa shape index (κ1) is 33.3. The van der Waals surface area contributed by atoms with Crippen molar-refractivity contribution in [2.45, 2.75) is 88.7 Å². The molecule has 0 aliphatic carbocycles. The Morgan fingerprint density at radius 3 is 2.51 bits per heavy atom. The molecule has 2 N–H and O–H groups in total. The van der Waals surface area contributed by atoms with Gasteiger partial charge < -0.3 is 29.7 Å². The molecule has 1 spiro atoms. The van der Waals surface area contributed by atoms with Gasteiger partial charge in [-0.25, -0.2) is 0 Å². The summed E-state index contributed by atoms with van der Waals surface area (Å²) in [6.45, 7) is 5.05. The van der Waals surface area contributed by atoms with Gasteiger partial charge in [-0.15, -0.1) is 0 Å². The van der Waals surface area contributed by atoms with Crippen LogP contribution in [0.4, 0.5) is 0 Å². The highest BCUT2D eigenvalue weighted by atomic mass is 79.9. The van der Waals surface area contributed by atoms with Gasteiger partial charge in [0.2, 0.25) is 17.7 Å². The molecule has 5 rings (SSSR count). The highest BCUT2D eigenvalue weighted by Crippen LogP contribution is 2.59. The molecule has 3 amide bonds. The lowest BCUT2D eigenvalue weighted by Gasteiger charge is -2.36. The SMILES string of the molecule is CCCCN1C/C=C\CCC(=O)N[C@H](C)[C@@H](c2ccccc2)OC(=O)[C@@H]2[C@H]3O[C@@]4(C=C3Br)[C@H](C1=O)N(CCCCCO)C(=O)[C@@H]24. The quantitative estimate of drug-likeness (QED) is 0.230. The van der Waals surface area contributed by atoms with Crippen LogP contribution in [-0.4, -0.2) is 88.6 Å². The Balaban J connectivity index is 1.57. The highest BCUT2D eigenvalue weighted by Gasteiger charge is 2.74. The number of carbonyl (C=O) groups is 4. The molecular formula is C34H44BrN3O7. The number of fused-ring (bicyclic) bond motifs is 2. The minimum absolute atomic E-state index is 0.0514. The number of aliphatic hydroxyl groups is 1. The zero-order valence-electron chi connectivity index (χ0n) is 26.0. The normalized spacial score (nSPS) is 32.8. The van der Waals surface area contributed by atoms with Gasteiger partial charge in [-0.3, -0.25) is 19.2 Å². The number of hydrogen-bond donors (Lipinski definition) is 2. The molecular weight excluding hydrogens is 642 g/mol. The Morgan fingerprint density at radius 2 is 1.78 bits per heavy atom. The molecule has 1 aromatic rings. The van der Waals surface area contributed by atoms with Crippen molar-refractivity contribution in [3.05, 3.63) is 58.6 Å². The van der Waals surface area contributed by atoms with E-state index in [9.17, 15) is 24.3 Å². The Hall–Kier alpha value is -3.02. The number of carbonyl (C=O) groups excluding carboxylic acids is 4. The fourth-order valence-electron chi connectivity index (χ4n) is 7.13. The minimum Gasteiger partial charge on any atom is -0.455 e. The summed E-state index contributed by atoms with van der Waals surface area (Å²) in [5.41, 5.74) is -0.615. The molecule has 11 heteroatoms. The largest absolute Gasteiger partial charge is 0.455 e. The number of nitrogens with one attached hydrogen (secondary N) is 1. The number of allylic oxidation sites excluding steroid dienone is 1. The molecule has 45 heavy (non-hydrogen) atoms. The van der Waals surface area contributed by atoms with Crippen molar-refractivity contribution < 1.29 is 33.8 Å². The van der Waals surface area contributed by atoms with Gasteiger partial charge in [-0.2, -0.15) is 0 Å². The smallest absolute Gasteiger partial charge is 0.313 e. The van der Waals surface area contributed by atoms with E-state index >= 15 is 0 Å². The number of benzene rings is 1. The third-order valence-corrected chi connectivity index (χ3v) is 10.0. The van der Waals surface area contributed by atoms with Gasteiger partial charge in [-0.1, -0.05) is 71.8 Å². The van der Waals surface area contributed by atoms with Gasteiger partial charge in [0.25, 0.3) is 0 Å². The summed E-state index contributed by atoms with van der Waals surface area (Å²) in [5.74, 6) is -3.24. The molecule has 2 saturated heterocycles. The third kappa shape index (κ3) is 6.62. The van der Waals surface area contributed by atoms with Crippen LogP contribution in [0, 0.1) is 11.8 Å². The van der Waals surface area contributed by atoms with Crippen molar-refractivity contribution in [3.8, 4) is 0 Å². The molecule has 7 atom stereocenters. The van der Waals surface area contributed by atoms with Crippen LogP contribution in [-0.2, 0) is 28.7 Å². The zero-order valence-corrected chi connectivity index (χ0v) is 27.6. The Morgan fingerprint density at radius 1 is 1.00 bits per heavy atom. The zero-order chi connectivity index (χ0) is 32.1. The van der Waals surface area contributed by atoms with E-state index < -0.39 is 47.7 Å². The predicted octanol–water partition coefficient (Wildman–Crippen LogP) is 3.79. The number of esters is 1. The summed E-state index contributed by atoms with van der Waals surface area (Å²) in [6.07, 6.45) is 8.33. The molecule has 0 unspecified atom stereocenters. The van der Waals surface area contributed by atoms with Crippen LogP contribution >= 0.6 is 15.9 Å². The Bertz CT molecular complexity index is 1320. The number of ether oxygens (including phenoxy) is 2. The van der Waals surface area contributed by atoms with E-state index in [4.69, 9.17) is 9.47 Å². The first-order valence-electron chi connectivity index (χ1n) is 16.2. The lowest BCUT2D eigenvalue weighted by Crippen LogP contribution is -2.56. The van der Waals surface area contributed by atoms with Crippen LogP contribution in [0.1, 0.15) is 70.5 Å². The minimum atomic E-state index is -1.33. The number of nitrogens with zero attached hydrogens (tertiary/aromatic N) is 2. The average Bonchev–Trinajstić information content (AvgIpc) is 3.62. The lowest BCUT2D eigenvalue weighted by atomic mass is 9.74. The summed E-state index contributed by atoms with van der Waals surface area (Å²) in [5, 5.41) is 12.3. The second kappa shape index (κ2) is 14.6. The molecule has 1 aromatic carbocycles. The second-order valence-corrected chi connectivity index (χ2v) is 13.3. The van der Waals surface area contributed by atoms with E-state index in [1.165, 1.54) is 0 Å². The molecule has 0 aromatic heterocycles. The molecule has 4 aliphatic heterocycles. The van der Waals surface area contributed by atoms with Crippen molar-refractivity contribution in [2.75, 3.05) is 26.2 Å². The molecule has 0 saturated carbocycles. The number of amides is 3. The predicted molar refractivity (Wildman–Crippen MR) is 171 cm³/mol. The van der Waals surface area contributed by atoms with Gasteiger partial charge in [0.05, 0.1) is 12.0 Å². The van der Waals surface area contributed by atoms with Crippen LogP contribution in [0.25, 0.3) is 0 Å². The summed E-state index contributed by atoms with van der Waals surface area (Å²) in [4.78, 5) is 59.4. The van der Waals surface area contributed by atoms with Gasteiger partial charge in [-0.05, 0) is 50.7 Å². The Labute approximate surface area is 273 Å². The highest BCUT2D eigenvalue weighted by molar-refractivity contribution is 9.11. The number of halogens is 1. The number of hydrogen-bond acceptors (Lipinski definition) is 7. The number of aliphatic hydroxyl groups excluding tert-OH is 1. The molecule has 4 heterocycles. The first-order valence-corrected chi connectivity index (χ1v) is 17.0. The summed E-state index contributed by atoms with van der Waals surface area (Å²) in [6, 6.07) is 7.74. The Kier molecular flexibility index (Phi) is 10.8. The molecule has 5 bridgehead atoms. The molecule has 2 fully saturated rings. The van der Waals surface area contributed by atoms with Crippen LogP contribution in [0.2, 0.25) is 0 Å². The van der Waals surface area contributed by atoms with E-state index in [0.717, 1.165) is 12.8 Å². The van der Waals surface area contributed by atoms with Crippen LogP contribution in [0.3, 0.4) is 0 Å². The molecule has 244 valence electrons. The number of unbranched alkanes of at least 4 members (excludes halogenated alkanes) is 3. The standard InChI is InChI=1S/C34H44BrN3O7/c1-3-4-17-37-18-11-6-10-16-25(40)36-22(2)28(23-14-8-5-9-15-23)44-33(43)26-27-31(41)38(19-12-7-13-20-39)30(32(37)42)34(27)21-24(35)29(26)45-34/h5-6,8-9,11,14-15,21-22,26-30,39H,3-4,7,10,12-13,16-20H2,1-2H3,(H,36,40)/b11-6-/t22-,26+,27-,28+,29+,30+,34-/m1/s1. The summed E-state index contributed by atoms with van der Waals surface area (Å²) < 4.78 is 13.4. The van der Waals surface area contributed by atoms with Crippen LogP contribution in [0.15, 0.2) is 53.0 Å². The van der Waals surface area contributed by atoms with E-state index in [2.05, 4.69) is 28.2 Å². The van der Waals surface area contributed by atoms with Gasteiger partial charge in [0, 0.05) is 37.1 Å². The van der Waals surface area contributed by atoms with E-state index in [-0.39, 0.29) is 30.7 Å². The topological polar surface area (TPSA) is 125 Å². The van der Waals surface area contributed by atoms with Gasteiger partial charge in [0.15, 0.2) is 0 Å². The van der Waals surface area contributed by atoms with Crippen LogP contribution in [0.5, 0.6) is 0 Å². The fourth-order valence-corrected chi connectivity index (χ4v) is 7.87. The van der Waals surface area contributed by atoms with Gasteiger partial charge in [0.1, 0.15) is 29.8 Å². The van der Waals surface area contributed by atoms with Gasteiger partial charge >= 0.3 is 5.97 Å². The van der Waals surface area contributed by atoms with Crippen molar-refractivity contribution in [1.29, 1.82) is 0 Å². The van der Waals surface area contributed by atoms with E-state index in [1.54, 1.807) is 16.7 Å². The second-order valence-electron chi connectivity index (χ2n) is 12.4. The number of rotatable bonds is 9. The maximum absolute atomic E-state index is 14.5. The maximum Gasteiger partial charge on any atom is 0.313 e. The average molecular weight is 687 g/mol. The van der Waals surface area contributed by atoms with Crippen LogP contribution < -0.4 is 5.32 Å². The fraction of sp³-hybridized carbons (Fsp3) is 0.588. The van der Waals surface area contributed by atoms with E-state index in [1.807, 2.05) is 48.6 Å². The van der Waals surface area contributed by atoms with Crippen molar-refractivity contribution in [3.63, 3.8) is 0 Å². The number of likely N-dealkylation sites (tertiary alicyclic amines) is 1. The van der Waals surface area contributed by atoms with Crippen molar-refractivity contribution in [2.24, 2.45) is 11.8 Å². The molecule has 4 aliphatic rings. The van der Waals surface area contributed by atoms with Crippen molar-refractivity contribution >= 4 is 39.6 Å². The summed E-state index contributed by atoms with van der Waals surface area (Å²) in [7, 11) is 0. The van der Waals surface area contributed by atoms with Crippen molar-refractivity contribution in [1.82, 2.24) is 15.1 Å².